The van der Waals surface area contributed by atoms with Crippen molar-refractivity contribution in [1.29, 1.82) is 0 Å². The first-order valence-corrected chi connectivity index (χ1v) is 12.2. The number of likely N-dealkylation sites (tertiary alicyclic amines) is 1. The monoisotopic (exact) mass is 458 g/mol. The lowest BCUT2D eigenvalue weighted by molar-refractivity contribution is -0.137. The minimum atomic E-state index is -0.455. The molecule has 1 N–H and O–H groups in total. The number of nitrogens with one attached hydrogen (secondary N) is 1. The van der Waals surface area contributed by atoms with Crippen molar-refractivity contribution in [2.24, 2.45) is 5.92 Å². The molecule has 178 valence electrons. The first-order chi connectivity index (χ1) is 16.4. The zero-order valence-corrected chi connectivity index (χ0v) is 20.3. The summed E-state index contributed by atoms with van der Waals surface area (Å²) in [6.07, 6.45) is 2.31. The van der Waals surface area contributed by atoms with E-state index < -0.39 is 6.04 Å². The molecule has 34 heavy (non-hydrogen) atoms. The fraction of sp³-hybridized carbons (Fsp3) is 0.393. The first-order valence-electron chi connectivity index (χ1n) is 12.2. The van der Waals surface area contributed by atoms with Crippen LogP contribution in [-0.2, 0) is 9.59 Å². The lowest BCUT2D eigenvalue weighted by atomic mass is 9.99. The minimum absolute atomic E-state index is 0.0241. The van der Waals surface area contributed by atoms with E-state index in [4.69, 9.17) is 5.10 Å². The lowest BCUT2D eigenvalue weighted by Crippen LogP contribution is -2.51. The predicted octanol–water partition coefficient (Wildman–Crippen LogP) is 4.93. The zero-order valence-electron chi connectivity index (χ0n) is 20.3. The Kier molecular flexibility index (Phi) is 7.46. The molecule has 3 aromatic rings. The molecular formula is C28H34N4O2. The fourth-order valence-corrected chi connectivity index (χ4v) is 4.74. The molecule has 6 heteroatoms. The molecule has 2 heterocycles. The summed E-state index contributed by atoms with van der Waals surface area (Å²) in [5.41, 5.74) is 4.29. The van der Waals surface area contributed by atoms with Crippen LogP contribution in [0.5, 0.6) is 0 Å². The van der Waals surface area contributed by atoms with Gasteiger partial charge in [-0.1, -0.05) is 74.5 Å². The second-order valence-electron chi connectivity index (χ2n) is 9.53. The maximum absolute atomic E-state index is 13.2. The molecule has 6 nitrogen and oxygen atoms in total. The van der Waals surface area contributed by atoms with Crippen LogP contribution in [0.4, 0.5) is 0 Å². The van der Waals surface area contributed by atoms with Crippen LogP contribution in [0.25, 0.3) is 22.5 Å². The quantitative estimate of drug-likeness (QED) is 0.546. The summed E-state index contributed by atoms with van der Waals surface area (Å²) in [7, 11) is 0. The summed E-state index contributed by atoms with van der Waals surface area (Å²) in [6.45, 7) is 6.93. The number of hydrogen-bond donors (Lipinski definition) is 1. The van der Waals surface area contributed by atoms with Crippen molar-refractivity contribution in [1.82, 2.24) is 20.0 Å². The number of carbonyl (C=O) groups excluding carboxylic acids is 2. The summed E-state index contributed by atoms with van der Waals surface area (Å²) in [6, 6.07) is 22.5. The van der Waals surface area contributed by atoms with Gasteiger partial charge in [-0.25, -0.2) is 0 Å². The molecule has 2 amide bonds. The molecule has 2 aromatic carbocycles. The second kappa shape index (κ2) is 10.7. The molecule has 0 radical (unpaired) electrons. The van der Waals surface area contributed by atoms with Gasteiger partial charge in [0, 0.05) is 25.6 Å². The van der Waals surface area contributed by atoms with E-state index in [1.54, 1.807) is 0 Å². The van der Waals surface area contributed by atoms with Crippen LogP contribution in [-0.4, -0.2) is 45.6 Å². The molecule has 1 aliphatic heterocycles. The lowest BCUT2D eigenvalue weighted by Gasteiger charge is -2.35. The van der Waals surface area contributed by atoms with E-state index in [9.17, 15) is 9.59 Å². The third-order valence-electron chi connectivity index (χ3n) is 6.38. The maximum atomic E-state index is 13.2. The number of nitrogens with zero attached hydrogens (tertiary/aromatic N) is 3. The largest absolute Gasteiger partial charge is 0.345 e. The van der Waals surface area contributed by atoms with Crippen LogP contribution in [0.3, 0.4) is 0 Å². The van der Waals surface area contributed by atoms with Gasteiger partial charge in [-0.3, -0.25) is 14.3 Å². The Morgan fingerprint density at radius 3 is 2.12 bits per heavy atom. The number of rotatable bonds is 7. The first kappa shape index (κ1) is 23.7. The van der Waals surface area contributed by atoms with Crippen LogP contribution in [0.15, 0.2) is 66.7 Å². The van der Waals surface area contributed by atoms with Crippen molar-refractivity contribution < 1.29 is 9.59 Å². The number of benzene rings is 2. The van der Waals surface area contributed by atoms with Crippen LogP contribution in [0.2, 0.25) is 0 Å². The molecule has 0 spiro atoms. The third kappa shape index (κ3) is 5.56. The van der Waals surface area contributed by atoms with E-state index in [0.717, 1.165) is 35.4 Å². The molecule has 1 aliphatic rings. The normalized spacial score (nSPS) is 15.4. The molecule has 4 rings (SSSR count). The highest BCUT2D eigenvalue weighted by molar-refractivity contribution is 5.87. The van der Waals surface area contributed by atoms with Gasteiger partial charge in [0.1, 0.15) is 6.04 Å². The summed E-state index contributed by atoms with van der Waals surface area (Å²) in [5, 5.41) is 7.88. The molecule has 0 bridgehead atoms. The zero-order chi connectivity index (χ0) is 24.1. The second-order valence-corrected chi connectivity index (χ2v) is 9.53. The smallest absolute Gasteiger partial charge is 0.245 e. The number of amides is 2. The summed E-state index contributed by atoms with van der Waals surface area (Å²) in [5.74, 6) is 0.190. The molecule has 0 aliphatic carbocycles. The maximum Gasteiger partial charge on any atom is 0.245 e. The van der Waals surface area contributed by atoms with Gasteiger partial charge in [0.2, 0.25) is 11.8 Å². The SMILES string of the molecule is CC(=O)NC(CC(C)C)C(=O)N1CCC(n2nc(-c3ccccc3)cc2-c2ccccc2)CC1. The highest BCUT2D eigenvalue weighted by Crippen LogP contribution is 2.32. The average Bonchev–Trinajstić information content (AvgIpc) is 3.29. The molecule has 1 unspecified atom stereocenters. The van der Waals surface area contributed by atoms with E-state index in [2.05, 4.69) is 54.2 Å². The highest BCUT2D eigenvalue weighted by atomic mass is 16.2. The standard InChI is InChI=1S/C28H34N4O2/c1-20(2)18-26(29-21(3)33)28(34)31-16-14-24(15-17-31)32-27(23-12-8-5-9-13-23)19-25(30-32)22-10-6-4-7-11-22/h4-13,19-20,24,26H,14-18H2,1-3H3,(H,29,33). The van der Waals surface area contributed by atoms with Crippen molar-refractivity contribution in [3.8, 4) is 22.5 Å². The number of aromatic nitrogens is 2. The van der Waals surface area contributed by atoms with Gasteiger partial charge in [0.25, 0.3) is 0 Å². The highest BCUT2D eigenvalue weighted by Gasteiger charge is 2.31. The van der Waals surface area contributed by atoms with E-state index >= 15 is 0 Å². The van der Waals surface area contributed by atoms with E-state index in [1.165, 1.54) is 6.92 Å². The molecule has 1 fully saturated rings. The van der Waals surface area contributed by atoms with Crippen molar-refractivity contribution in [3.63, 3.8) is 0 Å². The molecule has 1 atom stereocenters. The number of piperidine rings is 1. The van der Waals surface area contributed by atoms with Gasteiger partial charge in [0.15, 0.2) is 0 Å². The predicted molar refractivity (Wildman–Crippen MR) is 135 cm³/mol. The van der Waals surface area contributed by atoms with Crippen LogP contribution in [0.1, 0.15) is 46.1 Å². The molecule has 1 saturated heterocycles. The van der Waals surface area contributed by atoms with E-state index in [1.807, 2.05) is 41.3 Å². The van der Waals surface area contributed by atoms with Crippen molar-refractivity contribution in [2.45, 2.75) is 52.1 Å². The summed E-state index contributed by atoms with van der Waals surface area (Å²) in [4.78, 5) is 26.7. The van der Waals surface area contributed by atoms with Gasteiger partial charge in [-0.15, -0.1) is 0 Å². The van der Waals surface area contributed by atoms with Gasteiger partial charge in [-0.05, 0) is 36.8 Å². The Morgan fingerprint density at radius 1 is 0.971 bits per heavy atom. The summed E-state index contributed by atoms with van der Waals surface area (Å²) < 4.78 is 2.15. The Labute approximate surface area is 202 Å². The number of hydrogen-bond acceptors (Lipinski definition) is 3. The average molecular weight is 459 g/mol. The Bertz CT molecular complexity index is 1100. The fourth-order valence-electron chi connectivity index (χ4n) is 4.74. The van der Waals surface area contributed by atoms with Crippen molar-refractivity contribution in [2.75, 3.05) is 13.1 Å². The van der Waals surface area contributed by atoms with Crippen LogP contribution < -0.4 is 5.32 Å². The van der Waals surface area contributed by atoms with Crippen LogP contribution in [0, 0.1) is 5.92 Å². The Balaban J connectivity index is 1.54. The Hall–Kier alpha value is -3.41. The van der Waals surface area contributed by atoms with E-state index in [0.29, 0.717) is 25.4 Å². The molecule has 1 aromatic heterocycles. The topological polar surface area (TPSA) is 67.2 Å². The van der Waals surface area contributed by atoms with Gasteiger partial charge in [0.05, 0.1) is 17.4 Å². The Morgan fingerprint density at radius 2 is 1.56 bits per heavy atom. The van der Waals surface area contributed by atoms with Crippen molar-refractivity contribution >= 4 is 11.8 Å². The molecular weight excluding hydrogens is 424 g/mol. The third-order valence-corrected chi connectivity index (χ3v) is 6.38. The van der Waals surface area contributed by atoms with E-state index in [-0.39, 0.29) is 17.9 Å². The van der Waals surface area contributed by atoms with Gasteiger partial charge in [-0.2, -0.15) is 5.10 Å². The van der Waals surface area contributed by atoms with Crippen molar-refractivity contribution in [3.05, 3.63) is 66.7 Å². The van der Waals surface area contributed by atoms with Crippen LogP contribution >= 0.6 is 0 Å². The van der Waals surface area contributed by atoms with Gasteiger partial charge < -0.3 is 10.2 Å². The number of carbonyl (C=O) groups is 2. The minimum Gasteiger partial charge on any atom is -0.345 e. The molecule has 0 saturated carbocycles. The summed E-state index contributed by atoms with van der Waals surface area (Å²) >= 11 is 0. The van der Waals surface area contributed by atoms with Gasteiger partial charge >= 0.3 is 0 Å².